The van der Waals surface area contributed by atoms with Crippen LogP contribution in [0.4, 0.5) is 5.69 Å². The Kier molecular flexibility index (Phi) is 4.32. The third-order valence-corrected chi connectivity index (χ3v) is 3.70. The smallest absolute Gasteiger partial charge is 0.141 e. The summed E-state index contributed by atoms with van der Waals surface area (Å²) >= 11 is 0. The van der Waals surface area contributed by atoms with Crippen LogP contribution in [0.25, 0.3) is 0 Å². The Morgan fingerprint density at radius 1 is 1.42 bits per heavy atom. The molecule has 1 aliphatic heterocycles. The second-order valence-electron chi connectivity index (χ2n) is 5.62. The first-order chi connectivity index (χ1) is 9.10. The Morgan fingerprint density at radius 3 is 2.63 bits per heavy atom. The van der Waals surface area contributed by atoms with Crippen molar-refractivity contribution in [2.45, 2.75) is 19.8 Å². The molecule has 0 saturated carbocycles. The number of aliphatic hydroxyl groups is 1. The Bertz CT molecular complexity index is 422. The quantitative estimate of drug-likeness (QED) is 0.828. The molecule has 1 fully saturated rings. The van der Waals surface area contributed by atoms with E-state index in [-0.39, 0.29) is 12.0 Å². The summed E-state index contributed by atoms with van der Waals surface area (Å²) in [5, 5.41) is 12.8. The number of hydrogen-bond acceptors (Lipinski definition) is 4. The maximum absolute atomic E-state index is 9.43. The highest BCUT2D eigenvalue weighted by Crippen LogP contribution is 2.32. The van der Waals surface area contributed by atoms with Gasteiger partial charge < -0.3 is 19.9 Å². The van der Waals surface area contributed by atoms with Gasteiger partial charge in [-0.05, 0) is 23.6 Å². The standard InChI is InChI=1S/C15H23NO3/c1-11(2)12-4-5-14(18-3)13(6-12)16-7-15(8-17)9-19-10-15/h4-6,11,16-17H,7-10H2,1-3H3. The van der Waals surface area contributed by atoms with Crippen molar-refractivity contribution < 1.29 is 14.6 Å². The minimum atomic E-state index is -0.140. The molecule has 1 saturated heterocycles. The molecule has 2 N–H and O–H groups in total. The van der Waals surface area contributed by atoms with Crippen LogP contribution in [-0.4, -0.2) is 38.6 Å². The van der Waals surface area contributed by atoms with E-state index in [1.807, 2.05) is 6.07 Å². The van der Waals surface area contributed by atoms with Crippen molar-refractivity contribution in [3.8, 4) is 5.75 Å². The van der Waals surface area contributed by atoms with Gasteiger partial charge in [0.05, 0.1) is 38.0 Å². The lowest BCUT2D eigenvalue weighted by atomic mass is 9.87. The molecule has 2 rings (SSSR count). The van der Waals surface area contributed by atoms with Crippen molar-refractivity contribution in [2.75, 3.05) is 38.8 Å². The lowest BCUT2D eigenvalue weighted by Gasteiger charge is -2.40. The minimum absolute atomic E-state index is 0.140. The second-order valence-corrected chi connectivity index (χ2v) is 5.62. The van der Waals surface area contributed by atoms with Gasteiger partial charge in [0.25, 0.3) is 0 Å². The first kappa shape index (κ1) is 14.2. The van der Waals surface area contributed by atoms with Crippen molar-refractivity contribution in [1.29, 1.82) is 0 Å². The maximum Gasteiger partial charge on any atom is 0.141 e. The number of rotatable bonds is 6. The van der Waals surface area contributed by atoms with Crippen LogP contribution in [0, 0.1) is 5.41 Å². The van der Waals surface area contributed by atoms with Crippen molar-refractivity contribution in [3.05, 3.63) is 23.8 Å². The Hall–Kier alpha value is -1.26. The lowest BCUT2D eigenvalue weighted by molar-refractivity contribution is -0.128. The molecule has 0 atom stereocenters. The minimum Gasteiger partial charge on any atom is -0.495 e. The van der Waals surface area contributed by atoms with Gasteiger partial charge in [-0.1, -0.05) is 19.9 Å². The summed E-state index contributed by atoms with van der Waals surface area (Å²) in [6.07, 6.45) is 0. The number of methoxy groups -OCH3 is 1. The van der Waals surface area contributed by atoms with Crippen LogP contribution in [0.5, 0.6) is 5.75 Å². The van der Waals surface area contributed by atoms with E-state index >= 15 is 0 Å². The Balaban J connectivity index is 2.11. The van der Waals surface area contributed by atoms with E-state index in [1.54, 1.807) is 7.11 Å². The molecule has 4 heteroatoms. The van der Waals surface area contributed by atoms with Gasteiger partial charge >= 0.3 is 0 Å². The van der Waals surface area contributed by atoms with E-state index in [9.17, 15) is 5.11 Å². The molecule has 1 aromatic rings. The predicted octanol–water partition coefficient (Wildman–Crippen LogP) is 2.24. The third kappa shape index (κ3) is 3.01. The molecule has 0 aliphatic carbocycles. The van der Waals surface area contributed by atoms with Gasteiger partial charge in [-0.3, -0.25) is 0 Å². The van der Waals surface area contributed by atoms with E-state index in [0.29, 0.717) is 25.7 Å². The summed E-state index contributed by atoms with van der Waals surface area (Å²) in [6, 6.07) is 6.19. The summed E-state index contributed by atoms with van der Waals surface area (Å²) in [5.74, 6) is 1.31. The van der Waals surface area contributed by atoms with Crippen LogP contribution in [0.15, 0.2) is 18.2 Å². The van der Waals surface area contributed by atoms with Crippen molar-refractivity contribution in [3.63, 3.8) is 0 Å². The average molecular weight is 265 g/mol. The number of anilines is 1. The first-order valence-corrected chi connectivity index (χ1v) is 6.71. The molecule has 0 radical (unpaired) electrons. The average Bonchev–Trinajstić information content (AvgIpc) is 2.37. The summed E-state index contributed by atoms with van der Waals surface area (Å²) < 4.78 is 10.6. The van der Waals surface area contributed by atoms with E-state index in [0.717, 1.165) is 11.4 Å². The summed E-state index contributed by atoms with van der Waals surface area (Å²) in [7, 11) is 1.67. The van der Waals surface area contributed by atoms with Crippen LogP contribution in [0.1, 0.15) is 25.3 Å². The van der Waals surface area contributed by atoms with E-state index < -0.39 is 0 Å². The van der Waals surface area contributed by atoms with Gasteiger partial charge in [0, 0.05) is 6.54 Å². The van der Waals surface area contributed by atoms with Gasteiger partial charge in [-0.15, -0.1) is 0 Å². The Morgan fingerprint density at radius 2 is 2.16 bits per heavy atom. The molecule has 0 amide bonds. The van der Waals surface area contributed by atoms with Gasteiger partial charge in [0.1, 0.15) is 5.75 Å². The van der Waals surface area contributed by atoms with Crippen LogP contribution >= 0.6 is 0 Å². The van der Waals surface area contributed by atoms with E-state index in [2.05, 4.69) is 31.3 Å². The molecule has 0 bridgehead atoms. The van der Waals surface area contributed by atoms with Gasteiger partial charge in [0.2, 0.25) is 0 Å². The van der Waals surface area contributed by atoms with Gasteiger partial charge in [-0.2, -0.15) is 0 Å². The molecule has 106 valence electrons. The molecule has 1 aliphatic rings. The van der Waals surface area contributed by atoms with Crippen LogP contribution < -0.4 is 10.1 Å². The predicted molar refractivity (Wildman–Crippen MR) is 75.9 cm³/mol. The van der Waals surface area contributed by atoms with Crippen LogP contribution in [0.2, 0.25) is 0 Å². The molecule has 0 unspecified atom stereocenters. The largest absolute Gasteiger partial charge is 0.495 e. The number of ether oxygens (including phenoxy) is 2. The molecule has 4 nitrogen and oxygen atoms in total. The number of hydrogen-bond donors (Lipinski definition) is 2. The van der Waals surface area contributed by atoms with E-state index in [4.69, 9.17) is 9.47 Å². The molecule has 1 heterocycles. The molecule has 0 aromatic heterocycles. The van der Waals surface area contributed by atoms with Crippen LogP contribution in [0.3, 0.4) is 0 Å². The summed E-state index contributed by atoms with van der Waals surface area (Å²) in [5.41, 5.74) is 2.11. The fraction of sp³-hybridized carbons (Fsp3) is 0.600. The zero-order valence-corrected chi connectivity index (χ0v) is 11.9. The summed E-state index contributed by atoms with van der Waals surface area (Å²) in [4.78, 5) is 0. The first-order valence-electron chi connectivity index (χ1n) is 6.71. The molecule has 0 spiro atoms. The highest BCUT2D eigenvalue weighted by atomic mass is 16.5. The molecule has 1 aromatic carbocycles. The van der Waals surface area contributed by atoms with Crippen LogP contribution in [-0.2, 0) is 4.74 Å². The maximum atomic E-state index is 9.43. The lowest BCUT2D eigenvalue weighted by Crippen LogP contribution is -2.50. The van der Waals surface area contributed by atoms with E-state index in [1.165, 1.54) is 5.56 Å². The fourth-order valence-corrected chi connectivity index (χ4v) is 2.15. The third-order valence-electron chi connectivity index (χ3n) is 3.70. The van der Waals surface area contributed by atoms with Crippen molar-refractivity contribution >= 4 is 5.69 Å². The number of nitrogens with one attached hydrogen (secondary N) is 1. The highest BCUT2D eigenvalue weighted by Gasteiger charge is 2.38. The SMILES string of the molecule is COc1ccc(C(C)C)cc1NCC1(CO)COC1. The normalized spacial score (nSPS) is 17.1. The monoisotopic (exact) mass is 265 g/mol. The second kappa shape index (κ2) is 5.80. The van der Waals surface area contributed by atoms with Crippen molar-refractivity contribution in [2.24, 2.45) is 5.41 Å². The van der Waals surface area contributed by atoms with Crippen molar-refractivity contribution in [1.82, 2.24) is 0 Å². The topological polar surface area (TPSA) is 50.7 Å². The fourth-order valence-electron chi connectivity index (χ4n) is 2.15. The number of benzene rings is 1. The molecular formula is C15H23NO3. The van der Waals surface area contributed by atoms with Gasteiger partial charge in [0.15, 0.2) is 0 Å². The Labute approximate surface area is 114 Å². The zero-order valence-electron chi connectivity index (χ0n) is 11.9. The molecule has 19 heavy (non-hydrogen) atoms. The summed E-state index contributed by atoms with van der Waals surface area (Å²) in [6.45, 7) is 6.40. The number of aliphatic hydroxyl groups excluding tert-OH is 1. The highest BCUT2D eigenvalue weighted by molar-refractivity contribution is 5.58. The zero-order chi connectivity index (χ0) is 13.9. The molecular weight excluding hydrogens is 242 g/mol. The van der Waals surface area contributed by atoms with Gasteiger partial charge in [-0.25, -0.2) is 0 Å².